The molecule has 3 unspecified atom stereocenters. The van der Waals surface area contributed by atoms with Crippen molar-refractivity contribution in [2.75, 3.05) is 20.8 Å². The van der Waals surface area contributed by atoms with Crippen molar-refractivity contribution in [3.63, 3.8) is 0 Å². The van der Waals surface area contributed by atoms with E-state index in [2.05, 4.69) is 12.2 Å². The zero-order valence-electron chi connectivity index (χ0n) is 10.0. The van der Waals surface area contributed by atoms with Crippen LogP contribution >= 0.6 is 0 Å². The first-order valence-corrected chi connectivity index (χ1v) is 5.74. The molecule has 0 aromatic heterocycles. The Kier molecular flexibility index (Phi) is 5.53. The molecule has 1 fully saturated rings. The van der Waals surface area contributed by atoms with Gasteiger partial charge in [-0.2, -0.15) is 0 Å². The van der Waals surface area contributed by atoms with E-state index in [1.807, 2.05) is 0 Å². The van der Waals surface area contributed by atoms with Gasteiger partial charge in [0.25, 0.3) is 0 Å². The van der Waals surface area contributed by atoms with Crippen LogP contribution in [-0.2, 0) is 9.47 Å². The van der Waals surface area contributed by atoms with Gasteiger partial charge in [-0.1, -0.05) is 6.42 Å². The maximum absolute atomic E-state index is 5.74. The summed E-state index contributed by atoms with van der Waals surface area (Å²) in [5, 5.41) is 3.55. The second kappa shape index (κ2) is 6.43. The van der Waals surface area contributed by atoms with Crippen molar-refractivity contribution in [2.45, 2.75) is 44.6 Å². The van der Waals surface area contributed by atoms with Crippen molar-refractivity contribution in [3.8, 4) is 0 Å². The standard InChI is InChI=1S/C11H24N2O2/c1-8(11(14-2)15-3)13-10-6-4-5-9(10)7-12/h8-11,13H,4-7,12H2,1-3H3. The summed E-state index contributed by atoms with van der Waals surface area (Å²) < 4.78 is 10.4. The number of hydrogen-bond donors (Lipinski definition) is 2. The number of methoxy groups -OCH3 is 2. The largest absolute Gasteiger partial charge is 0.354 e. The van der Waals surface area contributed by atoms with Gasteiger partial charge in [0.05, 0.1) is 6.04 Å². The molecule has 1 aliphatic carbocycles. The summed E-state index contributed by atoms with van der Waals surface area (Å²) >= 11 is 0. The third-order valence-corrected chi connectivity index (χ3v) is 3.31. The van der Waals surface area contributed by atoms with Gasteiger partial charge in [0, 0.05) is 20.3 Å². The van der Waals surface area contributed by atoms with Gasteiger partial charge in [0.2, 0.25) is 0 Å². The van der Waals surface area contributed by atoms with Gasteiger partial charge in [0.1, 0.15) is 0 Å². The third kappa shape index (κ3) is 3.41. The Labute approximate surface area is 92.5 Å². The Morgan fingerprint density at radius 1 is 1.33 bits per heavy atom. The molecule has 0 bridgehead atoms. The third-order valence-electron chi connectivity index (χ3n) is 3.31. The summed E-state index contributed by atoms with van der Waals surface area (Å²) in [6.45, 7) is 2.86. The van der Waals surface area contributed by atoms with Crippen LogP contribution in [0.25, 0.3) is 0 Å². The van der Waals surface area contributed by atoms with Gasteiger partial charge in [-0.05, 0) is 32.2 Å². The van der Waals surface area contributed by atoms with E-state index in [0.29, 0.717) is 12.0 Å². The lowest BCUT2D eigenvalue weighted by Gasteiger charge is -2.28. The molecule has 0 radical (unpaired) electrons. The Hall–Kier alpha value is -0.160. The number of nitrogens with two attached hydrogens (primary N) is 1. The van der Waals surface area contributed by atoms with E-state index in [1.165, 1.54) is 19.3 Å². The maximum atomic E-state index is 5.74. The van der Waals surface area contributed by atoms with Crippen LogP contribution in [0.5, 0.6) is 0 Å². The first kappa shape index (κ1) is 12.9. The van der Waals surface area contributed by atoms with Gasteiger partial charge in [-0.15, -0.1) is 0 Å². The molecule has 4 heteroatoms. The predicted octanol–water partition coefficient (Wildman–Crippen LogP) is 0.711. The van der Waals surface area contributed by atoms with Crippen LogP contribution < -0.4 is 11.1 Å². The summed E-state index contributed by atoms with van der Waals surface area (Å²) in [5.41, 5.74) is 5.74. The van der Waals surface area contributed by atoms with E-state index in [4.69, 9.17) is 15.2 Å². The highest BCUT2D eigenvalue weighted by atomic mass is 16.7. The van der Waals surface area contributed by atoms with Crippen LogP contribution in [0.1, 0.15) is 26.2 Å². The molecule has 1 rings (SSSR count). The normalized spacial score (nSPS) is 28.6. The second-order valence-corrected chi connectivity index (χ2v) is 4.33. The Morgan fingerprint density at radius 3 is 2.53 bits per heavy atom. The van der Waals surface area contributed by atoms with Gasteiger partial charge in [-0.3, -0.25) is 0 Å². The van der Waals surface area contributed by atoms with Crippen molar-refractivity contribution >= 4 is 0 Å². The molecule has 1 saturated carbocycles. The van der Waals surface area contributed by atoms with Crippen molar-refractivity contribution < 1.29 is 9.47 Å². The molecule has 0 spiro atoms. The highest BCUT2D eigenvalue weighted by Gasteiger charge is 2.28. The summed E-state index contributed by atoms with van der Waals surface area (Å²) in [6.07, 6.45) is 3.55. The van der Waals surface area contributed by atoms with Crippen LogP contribution in [-0.4, -0.2) is 39.1 Å². The molecule has 0 aliphatic heterocycles. The van der Waals surface area contributed by atoms with Crippen LogP contribution in [0.2, 0.25) is 0 Å². The van der Waals surface area contributed by atoms with Crippen molar-refractivity contribution in [2.24, 2.45) is 11.7 Å². The lowest BCUT2D eigenvalue weighted by Crippen LogP contribution is -2.47. The fraction of sp³-hybridized carbons (Fsp3) is 1.00. The van der Waals surface area contributed by atoms with Gasteiger partial charge in [-0.25, -0.2) is 0 Å². The molecule has 3 atom stereocenters. The minimum absolute atomic E-state index is 0.177. The fourth-order valence-corrected chi connectivity index (χ4v) is 2.46. The van der Waals surface area contributed by atoms with E-state index in [1.54, 1.807) is 14.2 Å². The van der Waals surface area contributed by atoms with E-state index in [-0.39, 0.29) is 12.3 Å². The zero-order chi connectivity index (χ0) is 11.3. The highest BCUT2D eigenvalue weighted by molar-refractivity contribution is 4.86. The van der Waals surface area contributed by atoms with Gasteiger partial charge in [0.15, 0.2) is 6.29 Å². The van der Waals surface area contributed by atoms with Gasteiger partial charge >= 0.3 is 0 Å². The molecule has 3 N–H and O–H groups in total. The molecule has 90 valence electrons. The lowest BCUT2D eigenvalue weighted by molar-refractivity contribution is -0.121. The Balaban J connectivity index is 2.39. The van der Waals surface area contributed by atoms with E-state index < -0.39 is 0 Å². The molecule has 0 saturated heterocycles. The summed E-state index contributed by atoms with van der Waals surface area (Å²) in [4.78, 5) is 0. The topological polar surface area (TPSA) is 56.5 Å². The van der Waals surface area contributed by atoms with E-state index >= 15 is 0 Å². The quantitative estimate of drug-likeness (QED) is 0.642. The van der Waals surface area contributed by atoms with Crippen LogP contribution in [0.15, 0.2) is 0 Å². The van der Waals surface area contributed by atoms with Crippen molar-refractivity contribution in [1.82, 2.24) is 5.32 Å². The molecule has 0 aromatic carbocycles. The molecule has 0 aromatic rings. The van der Waals surface area contributed by atoms with E-state index in [0.717, 1.165) is 6.54 Å². The maximum Gasteiger partial charge on any atom is 0.171 e. The number of ether oxygens (including phenoxy) is 2. The molecule has 1 aliphatic rings. The predicted molar refractivity (Wildman–Crippen MR) is 60.6 cm³/mol. The van der Waals surface area contributed by atoms with Crippen LogP contribution in [0.3, 0.4) is 0 Å². The second-order valence-electron chi connectivity index (χ2n) is 4.33. The lowest BCUT2D eigenvalue weighted by atomic mass is 10.0. The summed E-state index contributed by atoms with van der Waals surface area (Å²) in [5.74, 6) is 0.613. The zero-order valence-corrected chi connectivity index (χ0v) is 10.0. The average Bonchev–Trinajstić information content (AvgIpc) is 2.67. The number of nitrogens with one attached hydrogen (secondary N) is 1. The van der Waals surface area contributed by atoms with Crippen molar-refractivity contribution in [3.05, 3.63) is 0 Å². The van der Waals surface area contributed by atoms with Crippen LogP contribution in [0.4, 0.5) is 0 Å². The Bertz CT molecular complexity index is 174. The molecular weight excluding hydrogens is 192 g/mol. The highest BCUT2D eigenvalue weighted by Crippen LogP contribution is 2.25. The number of rotatable bonds is 6. The van der Waals surface area contributed by atoms with Crippen LogP contribution in [0, 0.1) is 5.92 Å². The fourth-order valence-electron chi connectivity index (χ4n) is 2.46. The van der Waals surface area contributed by atoms with E-state index in [9.17, 15) is 0 Å². The molecular formula is C11H24N2O2. The molecule has 15 heavy (non-hydrogen) atoms. The summed E-state index contributed by atoms with van der Waals surface area (Å²) in [6, 6.07) is 0.731. The molecule has 0 amide bonds. The molecule has 4 nitrogen and oxygen atoms in total. The smallest absolute Gasteiger partial charge is 0.171 e. The average molecular weight is 216 g/mol. The first-order valence-electron chi connectivity index (χ1n) is 5.74. The first-order chi connectivity index (χ1) is 7.22. The monoisotopic (exact) mass is 216 g/mol. The number of hydrogen-bond acceptors (Lipinski definition) is 4. The Morgan fingerprint density at radius 2 is 2.00 bits per heavy atom. The van der Waals surface area contributed by atoms with Crippen molar-refractivity contribution in [1.29, 1.82) is 0 Å². The molecule has 0 heterocycles. The minimum atomic E-state index is -0.177. The SMILES string of the molecule is COC(OC)C(C)NC1CCCC1CN. The minimum Gasteiger partial charge on any atom is -0.354 e. The summed E-state index contributed by atoms with van der Waals surface area (Å²) in [7, 11) is 3.34. The van der Waals surface area contributed by atoms with Gasteiger partial charge < -0.3 is 20.5 Å².